The standard InChI is InChI=1S/C24H27FN6/c1-29-22-8-17(4-5-20(22)12-27-29)7-18-10-24(11-18)14-30(15-24)6-2-3-19-9-23-28-26-16-31(23)13-21(19)25/h4-5,8-9,12-13,16,18H,2-3,6-7,10-11,14-15H2,1H3. The molecule has 4 heterocycles. The summed E-state index contributed by atoms with van der Waals surface area (Å²) in [5.74, 6) is 0.635. The second kappa shape index (κ2) is 7.12. The Labute approximate surface area is 180 Å². The summed E-state index contributed by atoms with van der Waals surface area (Å²) in [6.07, 6.45) is 10.5. The van der Waals surface area contributed by atoms with Crippen LogP contribution >= 0.6 is 0 Å². The first kappa shape index (κ1) is 18.9. The third-order valence-electron chi connectivity index (χ3n) is 7.28. The predicted octanol–water partition coefficient (Wildman–Crippen LogP) is 3.64. The van der Waals surface area contributed by atoms with Crippen LogP contribution in [0.2, 0.25) is 0 Å². The first-order valence-electron chi connectivity index (χ1n) is 11.2. The van der Waals surface area contributed by atoms with Crippen molar-refractivity contribution in [2.24, 2.45) is 18.4 Å². The van der Waals surface area contributed by atoms with E-state index in [1.807, 2.05) is 24.0 Å². The molecule has 4 aromatic rings. The fraction of sp³-hybridized carbons (Fsp3) is 0.458. The lowest BCUT2D eigenvalue weighted by molar-refractivity contribution is -0.0937. The molecule has 0 amide bonds. The molecule has 160 valence electrons. The minimum atomic E-state index is -0.168. The molecule has 3 aromatic heterocycles. The Kier molecular flexibility index (Phi) is 4.35. The van der Waals surface area contributed by atoms with Crippen molar-refractivity contribution in [3.63, 3.8) is 0 Å². The van der Waals surface area contributed by atoms with E-state index in [1.54, 1.807) is 4.40 Å². The summed E-state index contributed by atoms with van der Waals surface area (Å²) >= 11 is 0. The van der Waals surface area contributed by atoms with Crippen molar-refractivity contribution in [1.82, 2.24) is 29.3 Å². The van der Waals surface area contributed by atoms with Crippen LogP contribution in [0.25, 0.3) is 16.6 Å². The van der Waals surface area contributed by atoms with Gasteiger partial charge in [-0.05, 0) is 73.2 Å². The molecule has 1 saturated heterocycles. The number of fused-ring (bicyclic) bond motifs is 2. The Morgan fingerprint density at radius 1 is 1.19 bits per heavy atom. The highest BCUT2D eigenvalue weighted by molar-refractivity contribution is 5.79. The van der Waals surface area contributed by atoms with Crippen LogP contribution in [0.4, 0.5) is 4.39 Å². The van der Waals surface area contributed by atoms with Crippen molar-refractivity contribution in [2.45, 2.75) is 32.1 Å². The Bertz CT molecular complexity index is 1240. The molecule has 1 aliphatic carbocycles. The van der Waals surface area contributed by atoms with Gasteiger partial charge < -0.3 is 4.90 Å². The average molecular weight is 419 g/mol. The maximum absolute atomic E-state index is 14.2. The van der Waals surface area contributed by atoms with Crippen LogP contribution < -0.4 is 0 Å². The zero-order chi connectivity index (χ0) is 21.0. The van der Waals surface area contributed by atoms with Crippen molar-refractivity contribution >= 4 is 16.6 Å². The fourth-order valence-corrected chi connectivity index (χ4v) is 5.85. The third kappa shape index (κ3) is 3.41. The van der Waals surface area contributed by atoms with E-state index >= 15 is 0 Å². The maximum Gasteiger partial charge on any atom is 0.161 e. The smallest absolute Gasteiger partial charge is 0.161 e. The number of benzene rings is 1. The number of rotatable bonds is 6. The summed E-state index contributed by atoms with van der Waals surface area (Å²) in [7, 11) is 2.01. The molecule has 0 bridgehead atoms. The Morgan fingerprint density at radius 2 is 2.06 bits per heavy atom. The van der Waals surface area contributed by atoms with Crippen LogP contribution in [-0.4, -0.2) is 48.9 Å². The predicted molar refractivity (Wildman–Crippen MR) is 117 cm³/mol. The maximum atomic E-state index is 14.2. The van der Waals surface area contributed by atoms with E-state index in [1.165, 1.54) is 61.3 Å². The van der Waals surface area contributed by atoms with Gasteiger partial charge in [-0.25, -0.2) is 4.39 Å². The summed E-state index contributed by atoms with van der Waals surface area (Å²) in [6, 6.07) is 8.58. The van der Waals surface area contributed by atoms with Crippen molar-refractivity contribution in [3.8, 4) is 0 Å². The van der Waals surface area contributed by atoms with Crippen molar-refractivity contribution in [2.75, 3.05) is 19.6 Å². The largest absolute Gasteiger partial charge is 0.302 e. The highest BCUT2D eigenvalue weighted by Crippen LogP contribution is 2.52. The van der Waals surface area contributed by atoms with Crippen LogP contribution in [0, 0.1) is 17.2 Å². The molecule has 7 heteroatoms. The van der Waals surface area contributed by atoms with E-state index in [-0.39, 0.29) is 5.82 Å². The van der Waals surface area contributed by atoms with Gasteiger partial charge in [0.05, 0.1) is 11.7 Å². The third-order valence-corrected chi connectivity index (χ3v) is 7.28. The van der Waals surface area contributed by atoms with Gasteiger partial charge in [0.2, 0.25) is 0 Å². The molecule has 1 aliphatic heterocycles. The minimum Gasteiger partial charge on any atom is -0.302 e. The van der Waals surface area contributed by atoms with E-state index in [4.69, 9.17) is 0 Å². The number of hydrogen-bond acceptors (Lipinski definition) is 4. The van der Waals surface area contributed by atoms with Gasteiger partial charge in [-0.15, -0.1) is 10.2 Å². The molecule has 6 nitrogen and oxygen atoms in total. The molecule has 0 unspecified atom stereocenters. The number of likely N-dealkylation sites (tertiary alicyclic amines) is 1. The van der Waals surface area contributed by atoms with Gasteiger partial charge in [-0.2, -0.15) is 5.10 Å². The van der Waals surface area contributed by atoms with E-state index in [0.29, 0.717) is 11.1 Å². The number of halogens is 1. The van der Waals surface area contributed by atoms with Crippen molar-refractivity contribution in [3.05, 3.63) is 59.9 Å². The molecule has 6 rings (SSSR count). The molecule has 0 atom stereocenters. The topological polar surface area (TPSA) is 51.2 Å². The van der Waals surface area contributed by atoms with Crippen LogP contribution in [-0.2, 0) is 19.9 Å². The molecule has 0 N–H and O–H groups in total. The average Bonchev–Trinajstić information content (AvgIpc) is 3.30. The SMILES string of the molecule is Cn1ncc2ccc(CC3CC4(C3)CN(CCCc3cc5nncn5cc3F)C4)cc21. The van der Waals surface area contributed by atoms with Crippen LogP contribution in [0.5, 0.6) is 0 Å². The number of aryl methyl sites for hydroxylation is 2. The summed E-state index contributed by atoms with van der Waals surface area (Å²) in [6.45, 7) is 3.45. The molecule has 0 radical (unpaired) electrons. The molecule has 31 heavy (non-hydrogen) atoms. The zero-order valence-electron chi connectivity index (χ0n) is 17.8. The van der Waals surface area contributed by atoms with E-state index in [0.717, 1.165) is 30.9 Å². The molecule has 2 fully saturated rings. The quantitative estimate of drug-likeness (QED) is 0.480. The second-order valence-electron chi connectivity index (χ2n) is 9.70. The van der Waals surface area contributed by atoms with Gasteiger partial charge in [0.15, 0.2) is 5.65 Å². The number of hydrogen-bond donors (Lipinski definition) is 0. The Hall–Kier alpha value is -2.80. The highest BCUT2D eigenvalue weighted by Gasteiger charge is 2.51. The van der Waals surface area contributed by atoms with E-state index < -0.39 is 0 Å². The van der Waals surface area contributed by atoms with E-state index in [2.05, 4.69) is 38.4 Å². The first-order valence-corrected chi connectivity index (χ1v) is 11.2. The second-order valence-corrected chi connectivity index (χ2v) is 9.70. The number of aromatic nitrogens is 5. The summed E-state index contributed by atoms with van der Waals surface area (Å²) < 4.78 is 17.8. The van der Waals surface area contributed by atoms with Gasteiger partial charge in [0.25, 0.3) is 0 Å². The lowest BCUT2D eigenvalue weighted by Gasteiger charge is -2.59. The number of nitrogens with zero attached hydrogens (tertiary/aromatic N) is 6. The number of pyridine rings is 1. The van der Waals surface area contributed by atoms with Crippen molar-refractivity contribution < 1.29 is 4.39 Å². The lowest BCUT2D eigenvalue weighted by atomic mass is 9.56. The van der Waals surface area contributed by atoms with Gasteiger partial charge in [0, 0.05) is 31.7 Å². The minimum absolute atomic E-state index is 0.168. The summed E-state index contributed by atoms with van der Waals surface area (Å²) in [4.78, 5) is 2.53. The molecule has 2 aliphatic rings. The van der Waals surface area contributed by atoms with Crippen LogP contribution in [0.3, 0.4) is 0 Å². The monoisotopic (exact) mass is 418 g/mol. The Balaban J connectivity index is 0.967. The molecule has 1 saturated carbocycles. The van der Waals surface area contributed by atoms with Gasteiger partial charge >= 0.3 is 0 Å². The van der Waals surface area contributed by atoms with Crippen molar-refractivity contribution in [1.29, 1.82) is 0 Å². The fourth-order valence-electron chi connectivity index (χ4n) is 5.85. The Morgan fingerprint density at radius 3 is 2.94 bits per heavy atom. The summed E-state index contributed by atoms with van der Waals surface area (Å²) in [5, 5.41) is 13.4. The first-order chi connectivity index (χ1) is 15.1. The van der Waals surface area contributed by atoms with Gasteiger partial charge in [0.1, 0.15) is 12.1 Å². The van der Waals surface area contributed by atoms with Gasteiger partial charge in [-0.3, -0.25) is 9.08 Å². The molecular weight excluding hydrogens is 391 g/mol. The van der Waals surface area contributed by atoms with Crippen LogP contribution in [0.1, 0.15) is 30.4 Å². The van der Waals surface area contributed by atoms with E-state index in [9.17, 15) is 4.39 Å². The normalized spacial score (nSPS) is 18.6. The molecule has 1 aromatic carbocycles. The lowest BCUT2D eigenvalue weighted by Crippen LogP contribution is -2.62. The van der Waals surface area contributed by atoms with Crippen LogP contribution in [0.15, 0.2) is 43.0 Å². The zero-order valence-corrected chi connectivity index (χ0v) is 17.8. The van der Waals surface area contributed by atoms with Gasteiger partial charge in [-0.1, -0.05) is 12.1 Å². The molecule has 1 spiro atoms. The summed E-state index contributed by atoms with van der Waals surface area (Å²) in [5.41, 5.74) is 4.65. The molecular formula is C24H27FN6. The highest BCUT2D eigenvalue weighted by atomic mass is 19.1.